The molecule has 0 saturated carbocycles. The highest BCUT2D eigenvalue weighted by Crippen LogP contribution is 2.13. The monoisotopic (exact) mass is 253 g/mol. The Labute approximate surface area is 101 Å². The van der Waals surface area contributed by atoms with Crippen molar-refractivity contribution in [2.24, 2.45) is 0 Å². The standard InChI is InChI=1S/C12H15NO3S/c1-10-4-2-3-5-11(10)12(14)13-6-8-17(15,16)9-7-13/h2-5H,6-9H2,1H3. The molecular weight excluding hydrogens is 238 g/mol. The van der Waals surface area contributed by atoms with Crippen LogP contribution in [0.4, 0.5) is 0 Å². The van der Waals surface area contributed by atoms with Crippen LogP contribution in [0.15, 0.2) is 24.3 Å². The molecular formula is C12H15NO3S. The fourth-order valence-electron chi connectivity index (χ4n) is 1.90. The molecule has 1 aromatic rings. The van der Waals surface area contributed by atoms with E-state index in [0.717, 1.165) is 5.56 Å². The van der Waals surface area contributed by atoms with Gasteiger partial charge >= 0.3 is 0 Å². The fraction of sp³-hybridized carbons (Fsp3) is 0.417. The largest absolute Gasteiger partial charge is 0.337 e. The van der Waals surface area contributed by atoms with E-state index in [-0.39, 0.29) is 17.4 Å². The van der Waals surface area contributed by atoms with Gasteiger partial charge in [-0.05, 0) is 18.6 Å². The van der Waals surface area contributed by atoms with Crippen molar-refractivity contribution in [2.75, 3.05) is 24.6 Å². The Morgan fingerprint density at radius 1 is 1.18 bits per heavy atom. The number of nitrogens with zero attached hydrogens (tertiary/aromatic N) is 1. The first-order valence-electron chi connectivity index (χ1n) is 5.55. The van der Waals surface area contributed by atoms with Gasteiger partial charge in [-0.25, -0.2) is 8.42 Å². The summed E-state index contributed by atoms with van der Waals surface area (Å²) in [6.07, 6.45) is 0. The number of aryl methyl sites for hydroxylation is 1. The Hall–Kier alpha value is -1.36. The number of sulfone groups is 1. The van der Waals surface area contributed by atoms with Crippen LogP contribution in [0.5, 0.6) is 0 Å². The second-order valence-corrected chi connectivity index (χ2v) is 6.56. The molecule has 0 unspecified atom stereocenters. The van der Waals surface area contributed by atoms with Crippen molar-refractivity contribution >= 4 is 15.7 Å². The van der Waals surface area contributed by atoms with Crippen molar-refractivity contribution in [3.63, 3.8) is 0 Å². The van der Waals surface area contributed by atoms with Gasteiger partial charge in [0.2, 0.25) is 0 Å². The third-order valence-electron chi connectivity index (χ3n) is 3.01. The van der Waals surface area contributed by atoms with E-state index >= 15 is 0 Å². The van der Waals surface area contributed by atoms with Gasteiger partial charge in [-0.3, -0.25) is 4.79 Å². The van der Waals surface area contributed by atoms with Crippen molar-refractivity contribution in [3.05, 3.63) is 35.4 Å². The molecule has 0 aliphatic carbocycles. The number of hydrogen-bond donors (Lipinski definition) is 0. The summed E-state index contributed by atoms with van der Waals surface area (Å²) in [4.78, 5) is 13.8. The zero-order valence-electron chi connectivity index (χ0n) is 9.72. The van der Waals surface area contributed by atoms with Crippen LogP contribution in [0, 0.1) is 6.92 Å². The van der Waals surface area contributed by atoms with E-state index in [1.54, 1.807) is 11.0 Å². The predicted octanol–water partition coefficient (Wildman–Crippen LogP) is 0.866. The summed E-state index contributed by atoms with van der Waals surface area (Å²) in [5, 5.41) is 0. The van der Waals surface area contributed by atoms with Gasteiger partial charge in [0.05, 0.1) is 11.5 Å². The molecule has 1 aromatic carbocycles. The van der Waals surface area contributed by atoms with Crippen molar-refractivity contribution in [1.82, 2.24) is 4.90 Å². The van der Waals surface area contributed by atoms with Crippen molar-refractivity contribution < 1.29 is 13.2 Å². The minimum Gasteiger partial charge on any atom is -0.337 e. The Morgan fingerprint density at radius 3 is 2.35 bits per heavy atom. The first-order valence-corrected chi connectivity index (χ1v) is 7.37. The quantitative estimate of drug-likeness (QED) is 0.746. The second kappa shape index (κ2) is 4.49. The van der Waals surface area contributed by atoms with Gasteiger partial charge in [0.1, 0.15) is 0 Å². The summed E-state index contributed by atoms with van der Waals surface area (Å²) in [5.41, 5.74) is 1.58. The van der Waals surface area contributed by atoms with Crippen molar-refractivity contribution in [2.45, 2.75) is 6.92 Å². The predicted molar refractivity (Wildman–Crippen MR) is 65.7 cm³/mol. The molecule has 1 fully saturated rings. The number of carbonyl (C=O) groups excluding carboxylic acids is 1. The van der Waals surface area contributed by atoms with E-state index < -0.39 is 9.84 Å². The average molecular weight is 253 g/mol. The maximum atomic E-state index is 12.2. The van der Waals surface area contributed by atoms with Gasteiger partial charge < -0.3 is 4.90 Å². The summed E-state index contributed by atoms with van der Waals surface area (Å²) in [5.74, 6) is 0.0768. The Morgan fingerprint density at radius 2 is 1.76 bits per heavy atom. The van der Waals surface area contributed by atoms with Crippen LogP contribution in [-0.4, -0.2) is 43.8 Å². The third kappa shape index (κ3) is 2.66. The maximum Gasteiger partial charge on any atom is 0.254 e. The molecule has 0 N–H and O–H groups in total. The van der Waals surface area contributed by atoms with Crippen LogP contribution in [0.2, 0.25) is 0 Å². The zero-order valence-corrected chi connectivity index (χ0v) is 10.5. The van der Waals surface area contributed by atoms with Crippen LogP contribution in [0.25, 0.3) is 0 Å². The first kappa shape index (κ1) is 12.1. The normalized spacial score (nSPS) is 19.0. The first-order chi connectivity index (χ1) is 7.99. The summed E-state index contributed by atoms with van der Waals surface area (Å²) >= 11 is 0. The summed E-state index contributed by atoms with van der Waals surface area (Å²) in [6.45, 7) is 2.49. The van der Waals surface area contributed by atoms with E-state index in [1.165, 1.54) is 0 Å². The van der Waals surface area contributed by atoms with Crippen molar-refractivity contribution in [3.8, 4) is 0 Å². The molecule has 2 rings (SSSR count). The molecule has 1 saturated heterocycles. The number of amides is 1. The zero-order chi connectivity index (χ0) is 12.5. The third-order valence-corrected chi connectivity index (χ3v) is 4.62. The maximum absolute atomic E-state index is 12.2. The highest BCUT2D eigenvalue weighted by molar-refractivity contribution is 7.91. The van der Waals surface area contributed by atoms with Crippen LogP contribution in [-0.2, 0) is 9.84 Å². The second-order valence-electron chi connectivity index (χ2n) is 4.26. The highest BCUT2D eigenvalue weighted by atomic mass is 32.2. The Kier molecular flexibility index (Phi) is 3.19. The summed E-state index contributed by atoms with van der Waals surface area (Å²) in [7, 11) is -2.94. The van der Waals surface area contributed by atoms with E-state index in [4.69, 9.17) is 0 Å². The van der Waals surface area contributed by atoms with Crippen LogP contribution < -0.4 is 0 Å². The van der Waals surface area contributed by atoms with Gasteiger partial charge in [0.25, 0.3) is 5.91 Å². The van der Waals surface area contributed by atoms with Crippen LogP contribution in [0.1, 0.15) is 15.9 Å². The van der Waals surface area contributed by atoms with Crippen LogP contribution in [0.3, 0.4) is 0 Å². The Balaban J connectivity index is 2.15. The summed E-state index contributed by atoms with van der Waals surface area (Å²) < 4.78 is 22.6. The van der Waals surface area contributed by atoms with E-state index in [2.05, 4.69) is 0 Å². The van der Waals surface area contributed by atoms with E-state index in [0.29, 0.717) is 18.7 Å². The molecule has 17 heavy (non-hydrogen) atoms. The average Bonchev–Trinajstić information content (AvgIpc) is 2.29. The molecule has 0 radical (unpaired) electrons. The molecule has 0 bridgehead atoms. The van der Waals surface area contributed by atoms with Gasteiger partial charge in [0.15, 0.2) is 9.84 Å². The van der Waals surface area contributed by atoms with Crippen LogP contribution >= 0.6 is 0 Å². The number of hydrogen-bond acceptors (Lipinski definition) is 3. The van der Waals surface area contributed by atoms with Gasteiger partial charge in [-0.2, -0.15) is 0 Å². The smallest absolute Gasteiger partial charge is 0.254 e. The minimum absolute atomic E-state index is 0.0713. The number of rotatable bonds is 1. The van der Waals surface area contributed by atoms with Gasteiger partial charge in [-0.15, -0.1) is 0 Å². The summed E-state index contributed by atoms with van der Waals surface area (Å²) in [6, 6.07) is 7.36. The number of carbonyl (C=O) groups is 1. The minimum atomic E-state index is -2.94. The lowest BCUT2D eigenvalue weighted by Crippen LogP contribution is -2.43. The molecule has 92 valence electrons. The lowest BCUT2D eigenvalue weighted by atomic mass is 10.1. The topological polar surface area (TPSA) is 54.5 Å². The molecule has 0 aromatic heterocycles. The van der Waals surface area contributed by atoms with E-state index in [1.807, 2.05) is 25.1 Å². The molecule has 0 spiro atoms. The van der Waals surface area contributed by atoms with Crippen molar-refractivity contribution in [1.29, 1.82) is 0 Å². The molecule has 5 heteroatoms. The molecule has 1 aliphatic rings. The molecule has 0 atom stereocenters. The lowest BCUT2D eigenvalue weighted by Gasteiger charge is -2.27. The fourth-order valence-corrected chi connectivity index (χ4v) is 3.10. The molecule has 4 nitrogen and oxygen atoms in total. The van der Waals surface area contributed by atoms with E-state index in [9.17, 15) is 13.2 Å². The SMILES string of the molecule is Cc1ccccc1C(=O)N1CCS(=O)(=O)CC1. The number of benzene rings is 1. The molecule has 1 amide bonds. The lowest BCUT2D eigenvalue weighted by molar-refractivity contribution is 0.0769. The Bertz CT molecular complexity index is 522. The van der Waals surface area contributed by atoms with Gasteiger partial charge in [0, 0.05) is 18.7 Å². The molecule has 1 heterocycles. The van der Waals surface area contributed by atoms with Gasteiger partial charge in [-0.1, -0.05) is 18.2 Å². The highest BCUT2D eigenvalue weighted by Gasteiger charge is 2.26. The molecule has 1 aliphatic heterocycles.